The Morgan fingerprint density at radius 2 is 2.28 bits per heavy atom. The van der Waals surface area contributed by atoms with Crippen LogP contribution in [0.3, 0.4) is 0 Å². The summed E-state index contributed by atoms with van der Waals surface area (Å²) in [5.74, 6) is -0.553. The van der Waals surface area contributed by atoms with E-state index in [1.165, 1.54) is 7.11 Å². The molecule has 2 N–H and O–H groups in total. The zero-order valence-corrected chi connectivity index (χ0v) is 12.0. The van der Waals surface area contributed by atoms with Gasteiger partial charge in [0, 0.05) is 23.0 Å². The topological polar surface area (TPSA) is 75.2 Å². The molecule has 0 saturated heterocycles. The molecule has 0 atom stereocenters. The highest BCUT2D eigenvalue weighted by Gasteiger charge is 2.23. The molecule has 0 amide bonds. The molecule has 2 heterocycles. The van der Waals surface area contributed by atoms with Crippen LogP contribution in [0.2, 0.25) is 0 Å². The van der Waals surface area contributed by atoms with E-state index in [0.29, 0.717) is 20.7 Å². The number of hydrogen-bond donors (Lipinski definition) is 2. The molecule has 0 unspecified atom stereocenters. The highest BCUT2D eigenvalue weighted by Crippen LogP contribution is 2.35. The van der Waals surface area contributed by atoms with Crippen LogP contribution in [0.25, 0.3) is 11.1 Å². The number of methoxy groups -OCH3 is 1. The molecule has 18 heavy (non-hydrogen) atoms. The first kappa shape index (κ1) is 12.9. The lowest BCUT2D eigenvalue weighted by atomic mass is 10.0. The average Bonchev–Trinajstić information content (AvgIpc) is 2.64. The predicted octanol–water partition coefficient (Wildman–Crippen LogP) is 2.70. The molecule has 0 saturated carbocycles. The second-order valence-corrected chi connectivity index (χ2v) is 4.76. The summed E-state index contributed by atoms with van der Waals surface area (Å²) in [5.41, 5.74) is 2.33. The maximum Gasteiger partial charge on any atom is 0.339 e. The molecular formula is C12H11IN2O3. The minimum atomic E-state index is -0.968. The maximum absolute atomic E-state index is 11.3. The lowest BCUT2D eigenvalue weighted by molar-refractivity contribution is 0.0696. The second kappa shape index (κ2) is 4.97. The van der Waals surface area contributed by atoms with Gasteiger partial charge in [-0.05, 0) is 41.6 Å². The number of ether oxygens (including phenoxy) is 1. The van der Waals surface area contributed by atoms with Gasteiger partial charge in [-0.15, -0.1) is 0 Å². The monoisotopic (exact) mass is 358 g/mol. The number of aryl methyl sites for hydroxylation is 1. The number of rotatable bonds is 3. The Morgan fingerprint density at radius 3 is 2.89 bits per heavy atom. The van der Waals surface area contributed by atoms with Crippen molar-refractivity contribution in [1.29, 1.82) is 0 Å². The molecular weight excluding hydrogens is 347 g/mol. The molecule has 5 nitrogen and oxygen atoms in total. The smallest absolute Gasteiger partial charge is 0.339 e. The highest BCUT2D eigenvalue weighted by molar-refractivity contribution is 14.1. The Labute approximate surface area is 117 Å². The van der Waals surface area contributed by atoms with E-state index in [0.717, 1.165) is 5.69 Å². The molecule has 0 bridgehead atoms. The second-order valence-electron chi connectivity index (χ2n) is 3.68. The SMILES string of the molecule is COc1ncccc1-c1c(C)[nH]c(I)c1C(=O)O. The molecule has 0 aliphatic carbocycles. The summed E-state index contributed by atoms with van der Waals surface area (Å²) in [4.78, 5) is 18.5. The molecule has 2 rings (SSSR count). The van der Waals surface area contributed by atoms with Crippen LogP contribution in [-0.4, -0.2) is 28.2 Å². The molecule has 6 heteroatoms. The number of carbonyl (C=O) groups is 1. The van der Waals surface area contributed by atoms with E-state index in [9.17, 15) is 9.90 Å². The normalized spacial score (nSPS) is 10.4. The Kier molecular flexibility index (Phi) is 3.55. The first-order valence-corrected chi connectivity index (χ1v) is 6.24. The number of halogens is 1. The number of aromatic carboxylic acids is 1. The van der Waals surface area contributed by atoms with Gasteiger partial charge in [-0.3, -0.25) is 0 Å². The van der Waals surface area contributed by atoms with Crippen molar-refractivity contribution in [3.8, 4) is 17.0 Å². The molecule has 0 spiro atoms. The summed E-state index contributed by atoms with van der Waals surface area (Å²) in [7, 11) is 1.51. The molecule has 0 aliphatic heterocycles. The molecule has 94 valence electrons. The Bertz CT molecular complexity index is 607. The first-order chi connectivity index (χ1) is 8.56. The molecule has 2 aromatic heterocycles. The van der Waals surface area contributed by atoms with Gasteiger partial charge in [-0.2, -0.15) is 0 Å². The summed E-state index contributed by atoms with van der Waals surface area (Å²) >= 11 is 1.98. The number of H-pyrrole nitrogens is 1. The zero-order chi connectivity index (χ0) is 13.3. The van der Waals surface area contributed by atoms with Gasteiger partial charge in [-0.1, -0.05) is 0 Å². The third-order valence-corrected chi connectivity index (χ3v) is 3.40. The van der Waals surface area contributed by atoms with Crippen molar-refractivity contribution in [3.05, 3.63) is 33.3 Å². The van der Waals surface area contributed by atoms with E-state index in [1.807, 2.05) is 29.5 Å². The Morgan fingerprint density at radius 1 is 1.56 bits per heavy atom. The fourth-order valence-electron chi connectivity index (χ4n) is 1.87. The minimum absolute atomic E-state index is 0.249. The summed E-state index contributed by atoms with van der Waals surface area (Å²) in [6.07, 6.45) is 1.61. The summed E-state index contributed by atoms with van der Waals surface area (Å²) < 4.78 is 5.77. The van der Waals surface area contributed by atoms with Gasteiger partial charge in [0.2, 0.25) is 5.88 Å². The number of aromatic nitrogens is 2. The highest BCUT2D eigenvalue weighted by atomic mass is 127. The van der Waals surface area contributed by atoms with Crippen LogP contribution >= 0.6 is 22.6 Å². The lowest BCUT2D eigenvalue weighted by Crippen LogP contribution is -2.00. The van der Waals surface area contributed by atoms with E-state index < -0.39 is 5.97 Å². The lowest BCUT2D eigenvalue weighted by Gasteiger charge is -2.07. The van der Waals surface area contributed by atoms with Gasteiger partial charge < -0.3 is 14.8 Å². The van der Waals surface area contributed by atoms with Crippen molar-refractivity contribution in [3.63, 3.8) is 0 Å². The van der Waals surface area contributed by atoms with E-state index in [4.69, 9.17) is 4.74 Å². The molecule has 0 aliphatic rings. The van der Waals surface area contributed by atoms with Gasteiger partial charge in [0.15, 0.2) is 0 Å². The summed E-state index contributed by atoms with van der Waals surface area (Å²) in [6.45, 7) is 1.83. The van der Waals surface area contributed by atoms with Gasteiger partial charge in [0.05, 0.1) is 16.4 Å². The predicted molar refractivity (Wildman–Crippen MR) is 75.0 cm³/mol. The third kappa shape index (κ3) is 2.07. The van der Waals surface area contributed by atoms with E-state index >= 15 is 0 Å². The summed E-state index contributed by atoms with van der Waals surface area (Å²) in [5, 5.41) is 9.30. The van der Waals surface area contributed by atoms with Crippen LogP contribution in [0, 0.1) is 10.6 Å². The van der Waals surface area contributed by atoms with Crippen LogP contribution in [0.5, 0.6) is 5.88 Å². The number of nitrogens with zero attached hydrogens (tertiary/aromatic N) is 1. The van der Waals surface area contributed by atoms with Crippen molar-refractivity contribution < 1.29 is 14.6 Å². The third-order valence-electron chi connectivity index (χ3n) is 2.59. The van der Waals surface area contributed by atoms with Crippen molar-refractivity contribution in [1.82, 2.24) is 9.97 Å². The largest absolute Gasteiger partial charge is 0.481 e. The Hall–Kier alpha value is -1.57. The van der Waals surface area contributed by atoms with Crippen molar-refractivity contribution in [2.45, 2.75) is 6.92 Å². The molecule has 2 aromatic rings. The fourth-order valence-corrected chi connectivity index (χ4v) is 2.77. The number of hydrogen-bond acceptors (Lipinski definition) is 3. The first-order valence-electron chi connectivity index (χ1n) is 5.17. The standard InChI is InChI=1S/C12H11IN2O3/c1-6-8(9(12(16)17)10(13)15-6)7-4-3-5-14-11(7)18-2/h3-5,15H,1-2H3,(H,16,17). The minimum Gasteiger partial charge on any atom is -0.481 e. The van der Waals surface area contributed by atoms with E-state index in [1.54, 1.807) is 18.3 Å². The maximum atomic E-state index is 11.3. The van der Waals surface area contributed by atoms with Gasteiger partial charge in [0.25, 0.3) is 0 Å². The van der Waals surface area contributed by atoms with Crippen LogP contribution in [0.15, 0.2) is 18.3 Å². The molecule has 0 fully saturated rings. The van der Waals surface area contributed by atoms with Gasteiger partial charge in [-0.25, -0.2) is 9.78 Å². The molecule has 0 radical (unpaired) electrons. The van der Waals surface area contributed by atoms with Gasteiger partial charge >= 0.3 is 5.97 Å². The number of nitrogens with one attached hydrogen (secondary N) is 1. The number of carboxylic acid groups (broad SMARTS) is 1. The average molecular weight is 358 g/mol. The van der Waals surface area contributed by atoms with Crippen LogP contribution in [0.4, 0.5) is 0 Å². The summed E-state index contributed by atoms with van der Waals surface area (Å²) in [6, 6.07) is 3.55. The quantitative estimate of drug-likeness (QED) is 0.828. The van der Waals surface area contributed by atoms with Crippen molar-refractivity contribution in [2.24, 2.45) is 0 Å². The van der Waals surface area contributed by atoms with Crippen LogP contribution in [0.1, 0.15) is 16.1 Å². The van der Waals surface area contributed by atoms with Crippen LogP contribution < -0.4 is 4.74 Å². The van der Waals surface area contributed by atoms with Gasteiger partial charge in [0.1, 0.15) is 0 Å². The van der Waals surface area contributed by atoms with E-state index in [-0.39, 0.29) is 5.56 Å². The van der Waals surface area contributed by atoms with E-state index in [2.05, 4.69) is 9.97 Å². The van der Waals surface area contributed by atoms with Crippen LogP contribution in [-0.2, 0) is 0 Å². The van der Waals surface area contributed by atoms with Crippen molar-refractivity contribution in [2.75, 3.05) is 7.11 Å². The Balaban J connectivity index is 2.74. The van der Waals surface area contributed by atoms with Crippen molar-refractivity contribution >= 4 is 28.6 Å². The molecule has 0 aromatic carbocycles. The number of aromatic amines is 1. The zero-order valence-electron chi connectivity index (χ0n) is 9.82. The number of carboxylic acids is 1. The number of pyridine rings is 1. The fraction of sp³-hybridized carbons (Fsp3) is 0.167.